The normalized spacial score (nSPS) is 34.9. The lowest BCUT2D eigenvalue weighted by Crippen LogP contribution is -2.60. The molecule has 2 N–H and O–H groups in total. The van der Waals surface area contributed by atoms with Crippen molar-refractivity contribution in [3.05, 3.63) is 0 Å². The van der Waals surface area contributed by atoms with E-state index in [2.05, 4.69) is 5.32 Å². The summed E-state index contributed by atoms with van der Waals surface area (Å²) in [5, 5.41) is 12.6. The van der Waals surface area contributed by atoms with E-state index in [-0.39, 0.29) is 5.60 Å². The van der Waals surface area contributed by atoms with Gasteiger partial charge in [0.25, 0.3) is 0 Å². The van der Waals surface area contributed by atoms with Gasteiger partial charge in [0.05, 0.1) is 5.60 Å². The van der Waals surface area contributed by atoms with Gasteiger partial charge >= 0.3 is 5.97 Å². The molecule has 4 nitrogen and oxygen atoms in total. The van der Waals surface area contributed by atoms with E-state index in [4.69, 9.17) is 4.74 Å². The van der Waals surface area contributed by atoms with Gasteiger partial charge in [-0.1, -0.05) is 13.8 Å². The average molecular weight is 229 g/mol. The molecular formula is C12H23NO3. The Bertz CT molecular complexity index is 257. The average Bonchev–Trinajstić information content (AvgIpc) is 2.26. The third-order valence-corrected chi connectivity index (χ3v) is 3.53. The number of carbonyl (C=O) groups is 1. The van der Waals surface area contributed by atoms with E-state index < -0.39 is 11.5 Å². The summed E-state index contributed by atoms with van der Waals surface area (Å²) in [5.74, 6) is -0.746. The SMILES string of the molecule is CCCNC1(C(=O)O)CCOC(C)(CC)C1. The highest BCUT2D eigenvalue weighted by Gasteiger charge is 2.47. The first-order valence-corrected chi connectivity index (χ1v) is 6.10. The summed E-state index contributed by atoms with van der Waals surface area (Å²) in [6.07, 6.45) is 2.89. The molecule has 2 atom stereocenters. The summed E-state index contributed by atoms with van der Waals surface area (Å²) in [6.45, 7) is 7.34. The Morgan fingerprint density at radius 1 is 1.50 bits per heavy atom. The highest BCUT2D eigenvalue weighted by Crippen LogP contribution is 2.34. The number of aliphatic carboxylic acids is 1. The second kappa shape index (κ2) is 5.15. The topological polar surface area (TPSA) is 58.6 Å². The third kappa shape index (κ3) is 2.74. The largest absolute Gasteiger partial charge is 0.480 e. The molecule has 0 amide bonds. The van der Waals surface area contributed by atoms with Crippen molar-refractivity contribution >= 4 is 5.97 Å². The van der Waals surface area contributed by atoms with E-state index >= 15 is 0 Å². The minimum absolute atomic E-state index is 0.308. The van der Waals surface area contributed by atoms with E-state index in [0.29, 0.717) is 19.4 Å². The minimum Gasteiger partial charge on any atom is -0.480 e. The lowest BCUT2D eigenvalue weighted by Gasteiger charge is -2.44. The van der Waals surface area contributed by atoms with Gasteiger partial charge in [-0.05, 0) is 32.7 Å². The molecule has 2 unspecified atom stereocenters. The zero-order chi connectivity index (χ0) is 12.2. The van der Waals surface area contributed by atoms with Crippen LogP contribution in [0.1, 0.15) is 46.5 Å². The molecule has 0 aliphatic carbocycles. The van der Waals surface area contributed by atoms with Gasteiger partial charge in [0.15, 0.2) is 0 Å². The molecule has 0 saturated carbocycles. The maximum atomic E-state index is 11.5. The number of carboxylic acid groups (broad SMARTS) is 1. The van der Waals surface area contributed by atoms with Gasteiger partial charge < -0.3 is 15.2 Å². The number of carboxylic acids is 1. The molecule has 0 bridgehead atoms. The van der Waals surface area contributed by atoms with E-state index in [1.54, 1.807) is 0 Å². The maximum absolute atomic E-state index is 11.5. The van der Waals surface area contributed by atoms with Gasteiger partial charge in [-0.2, -0.15) is 0 Å². The van der Waals surface area contributed by atoms with Crippen molar-refractivity contribution in [3.8, 4) is 0 Å². The lowest BCUT2D eigenvalue weighted by atomic mass is 9.79. The van der Waals surface area contributed by atoms with E-state index in [0.717, 1.165) is 19.4 Å². The molecule has 0 spiro atoms. The number of hydrogen-bond acceptors (Lipinski definition) is 3. The summed E-state index contributed by atoms with van der Waals surface area (Å²) in [6, 6.07) is 0. The molecule has 0 aromatic rings. The van der Waals surface area contributed by atoms with Crippen molar-refractivity contribution in [2.75, 3.05) is 13.2 Å². The summed E-state index contributed by atoms with van der Waals surface area (Å²) < 4.78 is 5.70. The Morgan fingerprint density at radius 3 is 2.69 bits per heavy atom. The Morgan fingerprint density at radius 2 is 2.19 bits per heavy atom. The number of rotatable bonds is 5. The van der Waals surface area contributed by atoms with Crippen LogP contribution in [0.3, 0.4) is 0 Å². The van der Waals surface area contributed by atoms with E-state index in [9.17, 15) is 9.90 Å². The van der Waals surface area contributed by atoms with Gasteiger partial charge in [0, 0.05) is 13.0 Å². The van der Waals surface area contributed by atoms with Crippen LogP contribution in [-0.2, 0) is 9.53 Å². The minimum atomic E-state index is -0.793. The van der Waals surface area contributed by atoms with Crippen molar-refractivity contribution in [2.45, 2.75) is 57.6 Å². The van der Waals surface area contributed by atoms with Gasteiger partial charge in [-0.15, -0.1) is 0 Å². The predicted octanol–water partition coefficient (Wildman–Crippen LogP) is 1.79. The standard InChI is InChI=1S/C12H23NO3/c1-4-7-13-12(10(14)15)6-8-16-11(3,5-2)9-12/h13H,4-9H2,1-3H3,(H,14,15). The van der Waals surface area contributed by atoms with Crippen LogP contribution in [-0.4, -0.2) is 35.4 Å². The molecule has 16 heavy (non-hydrogen) atoms. The zero-order valence-corrected chi connectivity index (χ0v) is 10.5. The molecule has 1 aliphatic rings. The first-order chi connectivity index (χ1) is 7.48. The fourth-order valence-electron chi connectivity index (χ4n) is 2.25. The van der Waals surface area contributed by atoms with Crippen LogP contribution in [0.25, 0.3) is 0 Å². The first-order valence-electron chi connectivity index (χ1n) is 6.10. The number of ether oxygens (including phenoxy) is 1. The van der Waals surface area contributed by atoms with Crippen LogP contribution in [0, 0.1) is 0 Å². The van der Waals surface area contributed by atoms with Crippen LogP contribution in [0.5, 0.6) is 0 Å². The van der Waals surface area contributed by atoms with Crippen LogP contribution in [0.15, 0.2) is 0 Å². The summed E-state index contributed by atoms with van der Waals surface area (Å²) in [4.78, 5) is 11.5. The van der Waals surface area contributed by atoms with Gasteiger partial charge in [0.1, 0.15) is 5.54 Å². The van der Waals surface area contributed by atoms with Gasteiger partial charge in [-0.25, -0.2) is 0 Å². The fraction of sp³-hybridized carbons (Fsp3) is 0.917. The smallest absolute Gasteiger partial charge is 0.324 e. The Balaban J connectivity index is 2.80. The fourth-order valence-corrected chi connectivity index (χ4v) is 2.25. The summed E-state index contributed by atoms with van der Waals surface area (Å²) in [5.41, 5.74) is -1.10. The zero-order valence-electron chi connectivity index (χ0n) is 10.5. The second-order valence-electron chi connectivity index (χ2n) is 4.89. The molecular weight excluding hydrogens is 206 g/mol. The van der Waals surface area contributed by atoms with Crippen molar-refractivity contribution < 1.29 is 14.6 Å². The Kier molecular flexibility index (Phi) is 4.33. The second-order valence-corrected chi connectivity index (χ2v) is 4.89. The highest BCUT2D eigenvalue weighted by molar-refractivity contribution is 5.79. The van der Waals surface area contributed by atoms with Crippen LogP contribution in [0.4, 0.5) is 0 Å². The third-order valence-electron chi connectivity index (χ3n) is 3.53. The number of nitrogens with one attached hydrogen (secondary N) is 1. The van der Waals surface area contributed by atoms with Crippen LogP contribution in [0.2, 0.25) is 0 Å². The van der Waals surface area contributed by atoms with Crippen LogP contribution < -0.4 is 5.32 Å². The molecule has 1 heterocycles. The predicted molar refractivity (Wildman–Crippen MR) is 62.5 cm³/mol. The molecule has 1 aliphatic heterocycles. The van der Waals surface area contributed by atoms with Gasteiger partial charge in [0.2, 0.25) is 0 Å². The Labute approximate surface area is 97.4 Å². The van der Waals surface area contributed by atoms with E-state index in [1.807, 2.05) is 20.8 Å². The molecule has 94 valence electrons. The Hall–Kier alpha value is -0.610. The maximum Gasteiger partial charge on any atom is 0.324 e. The van der Waals surface area contributed by atoms with Crippen molar-refractivity contribution in [1.82, 2.24) is 5.32 Å². The molecule has 0 aromatic carbocycles. The molecule has 1 rings (SSSR count). The first kappa shape index (κ1) is 13.5. The lowest BCUT2D eigenvalue weighted by molar-refractivity contribution is -0.160. The van der Waals surface area contributed by atoms with Crippen LogP contribution >= 0.6 is 0 Å². The summed E-state index contributed by atoms with van der Waals surface area (Å²) >= 11 is 0. The highest BCUT2D eigenvalue weighted by atomic mass is 16.5. The van der Waals surface area contributed by atoms with Crippen molar-refractivity contribution in [2.24, 2.45) is 0 Å². The van der Waals surface area contributed by atoms with Crippen molar-refractivity contribution in [1.29, 1.82) is 0 Å². The molecule has 4 heteroatoms. The van der Waals surface area contributed by atoms with Gasteiger partial charge in [-0.3, -0.25) is 4.79 Å². The number of hydrogen-bond donors (Lipinski definition) is 2. The molecule has 0 radical (unpaired) electrons. The quantitative estimate of drug-likeness (QED) is 0.754. The molecule has 1 fully saturated rings. The van der Waals surface area contributed by atoms with E-state index in [1.165, 1.54) is 0 Å². The summed E-state index contributed by atoms with van der Waals surface area (Å²) in [7, 11) is 0. The monoisotopic (exact) mass is 229 g/mol. The molecule has 1 saturated heterocycles. The molecule has 0 aromatic heterocycles. The van der Waals surface area contributed by atoms with Crippen molar-refractivity contribution in [3.63, 3.8) is 0 Å².